The van der Waals surface area contributed by atoms with Gasteiger partial charge in [-0.2, -0.15) is 76.1 Å². The van der Waals surface area contributed by atoms with E-state index in [4.69, 9.17) is 9.47 Å². The highest BCUT2D eigenvalue weighted by Gasteiger charge is 2.93. The van der Waals surface area contributed by atoms with Gasteiger partial charge in [0.15, 0.2) is 6.61 Å². The lowest BCUT2D eigenvalue weighted by Gasteiger charge is -2.58. The van der Waals surface area contributed by atoms with E-state index in [0.717, 1.165) is 130 Å². The van der Waals surface area contributed by atoms with E-state index in [1.54, 1.807) is 29.8 Å². The van der Waals surface area contributed by atoms with E-state index in [2.05, 4.69) is 55.7 Å². The van der Waals surface area contributed by atoms with E-state index in [0.29, 0.717) is 29.9 Å². The molecule has 0 bridgehead atoms. The van der Waals surface area contributed by atoms with Gasteiger partial charge in [0, 0.05) is 12.8 Å². The number of unbranched alkanes of at least 4 members (excludes halogenated alkanes) is 7. The molecule has 21 heteroatoms. The van der Waals surface area contributed by atoms with Crippen LogP contribution in [0.1, 0.15) is 163 Å². The Hall–Kier alpha value is -4.20. The first-order valence-corrected chi connectivity index (χ1v) is 27.8. The molecule has 0 heterocycles. The summed E-state index contributed by atoms with van der Waals surface area (Å²) in [7, 11) is 0. The van der Waals surface area contributed by atoms with Gasteiger partial charge in [-0.3, -0.25) is 4.79 Å². The minimum Gasteiger partial charge on any atom is -0.494 e. The topological polar surface area (TPSA) is 69.5 Å². The first-order chi connectivity index (χ1) is 36.7. The second-order valence-electron chi connectivity index (χ2n) is 23.6. The van der Waals surface area contributed by atoms with Crippen LogP contribution in [0.5, 0.6) is 11.5 Å². The molecule has 0 saturated heterocycles. The number of hydrogen-bond acceptors (Lipinski definition) is 6. The highest BCUT2D eigenvalue weighted by atomic mass is 19.4. The lowest BCUT2D eigenvalue weighted by atomic mass is 9.47. The van der Waals surface area contributed by atoms with Crippen LogP contribution in [0, 0.1) is 46.3 Å². The number of alkyl halides is 15. The minimum atomic E-state index is -8.36. The van der Waals surface area contributed by atoms with Crippen LogP contribution in [-0.4, -0.2) is 67.0 Å². The maximum Gasteiger partial charge on any atom is 0.460 e. The molecule has 0 N–H and O–H groups in total. The van der Waals surface area contributed by atoms with E-state index in [-0.39, 0.29) is 23.2 Å². The Balaban J connectivity index is 0.815. The fourth-order valence-corrected chi connectivity index (χ4v) is 13.2. The smallest absolute Gasteiger partial charge is 0.460 e. The monoisotopic (exact) mass is 1150 g/mol. The van der Waals surface area contributed by atoms with Gasteiger partial charge in [0.25, 0.3) is 0 Å². The predicted octanol–water partition coefficient (Wildman–Crippen LogP) is 19.7. The molecular formula is C58H75F15N2O4. The zero-order valence-electron chi connectivity index (χ0n) is 45.5. The second kappa shape index (κ2) is 25.1. The van der Waals surface area contributed by atoms with Gasteiger partial charge < -0.3 is 14.2 Å². The molecule has 0 unspecified atom stereocenters. The Bertz CT molecular complexity index is 2360. The van der Waals surface area contributed by atoms with Crippen molar-refractivity contribution in [3.8, 4) is 11.5 Å². The molecule has 0 aromatic heterocycles. The van der Waals surface area contributed by atoms with Crippen molar-refractivity contribution in [2.75, 3.05) is 13.2 Å². The van der Waals surface area contributed by atoms with Crippen molar-refractivity contribution in [2.24, 2.45) is 56.6 Å². The molecule has 0 amide bonds. The summed E-state index contributed by atoms with van der Waals surface area (Å²) in [6.07, 6.45) is 16.7. The highest BCUT2D eigenvalue weighted by Crippen LogP contribution is 2.68. The Kier molecular flexibility index (Phi) is 20.3. The van der Waals surface area contributed by atoms with Gasteiger partial charge in [0.05, 0.1) is 18.0 Å². The molecule has 2 aromatic carbocycles. The van der Waals surface area contributed by atoms with Crippen LogP contribution in [-0.2, 0) is 9.53 Å². The molecule has 0 spiro atoms. The van der Waals surface area contributed by atoms with Gasteiger partial charge in [0.1, 0.15) is 17.6 Å². The summed E-state index contributed by atoms with van der Waals surface area (Å²) in [4.78, 5) is 12.9. The third-order valence-electron chi connectivity index (χ3n) is 17.9. The van der Waals surface area contributed by atoms with Crippen molar-refractivity contribution >= 4 is 17.3 Å². The molecule has 446 valence electrons. The van der Waals surface area contributed by atoms with Crippen LogP contribution in [0.25, 0.3) is 0 Å². The Labute approximate surface area is 453 Å². The Morgan fingerprint density at radius 2 is 1.13 bits per heavy atom. The molecule has 2 aromatic rings. The van der Waals surface area contributed by atoms with Crippen molar-refractivity contribution < 1.29 is 84.9 Å². The summed E-state index contributed by atoms with van der Waals surface area (Å²) in [5.41, 5.74) is 2.53. The first kappa shape index (κ1) is 64.0. The quantitative estimate of drug-likeness (QED) is 0.0280. The second-order valence-corrected chi connectivity index (χ2v) is 23.6. The summed E-state index contributed by atoms with van der Waals surface area (Å²) in [5.74, 6) is -42.7. The largest absolute Gasteiger partial charge is 0.494 e. The Morgan fingerprint density at radius 1 is 0.595 bits per heavy atom. The van der Waals surface area contributed by atoms with Gasteiger partial charge >= 0.3 is 47.7 Å². The first-order valence-electron chi connectivity index (χ1n) is 27.8. The predicted molar refractivity (Wildman–Crippen MR) is 268 cm³/mol. The zero-order chi connectivity index (χ0) is 58.5. The zero-order valence-corrected chi connectivity index (χ0v) is 45.5. The number of esters is 1. The third-order valence-corrected chi connectivity index (χ3v) is 17.9. The van der Waals surface area contributed by atoms with Crippen LogP contribution in [0.2, 0.25) is 0 Å². The van der Waals surface area contributed by atoms with Gasteiger partial charge in [-0.05, 0) is 153 Å². The fraction of sp³-hybridized carbons (Fsp3) is 0.741. The van der Waals surface area contributed by atoms with Gasteiger partial charge in [-0.15, -0.1) is 0 Å². The number of rotatable bonds is 28. The molecule has 0 radical (unpaired) electrons. The number of azo groups is 1. The maximum absolute atomic E-state index is 14.2. The van der Waals surface area contributed by atoms with Crippen molar-refractivity contribution in [1.29, 1.82) is 0 Å². The molecular weight excluding hydrogens is 1070 g/mol. The van der Waals surface area contributed by atoms with E-state index >= 15 is 0 Å². The fourth-order valence-electron chi connectivity index (χ4n) is 13.2. The highest BCUT2D eigenvalue weighted by molar-refractivity contribution is 5.69. The van der Waals surface area contributed by atoms with Crippen LogP contribution < -0.4 is 9.47 Å². The number of fused-ring (bicyclic) bond motifs is 5. The summed E-state index contributed by atoms with van der Waals surface area (Å²) in [5, 5.41) is 7.80. The van der Waals surface area contributed by atoms with Crippen molar-refractivity contribution in [2.45, 2.75) is 211 Å². The van der Waals surface area contributed by atoms with Crippen LogP contribution >= 0.6 is 0 Å². The number of hydrogen-bond donors (Lipinski definition) is 0. The molecule has 79 heavy (non-hydrogen) atoms. The number of ether oxygens (including phenoxy) is 3. The summed E-state index contributed by atoms with van der Waals surface area (Å²) >= 11 is 0. The molecule has 8 atom stereocenters. The average molecular weight is 1150 g/mol. The van der Waals surface area contributed by atoms with E-state index in [1.807, 2.05) is 0 Å². The number of nitrogens with zero attached hydrogens (tertiary/aromatic N) is 2. The number of carbonyl (C=O) groups excluding carboxylic acids is 1. The van der Waals surface area contributed by atoms with Crippen molar-refractivity contribution in [1.82, 2.24) is 0 Å². The van der Waals surface area contributed by atoms with Crippen molar-refractivity contribution in [3.05, 3.63) is 60.2 Å². The SMILES string of the molecule is CC(C)CCC[C@@H](C)[C@H]1CC[C@H]2[C@@H]3CC=C4C[C@@H](OC(=O)CCCCCCCCCCOc5ccc(N=Nc6ccc(OCC(F)(F)C(F)(F)C(F)(F)C(F)(F)C(F)(F)C(F)(F)C(F)(F)F)cc6)cc5)CC[C@]4(C)[C@H]3CC[C@]12C. The standard InChI is InChI=1S/C58H75F15N2O4/c1-37(2)15-14-16-38(3)46-28-29-47-45-27-18-39-35-44(30-32-50(39,4)48(45)31-33-51(46,47)5)79-49(76)17-12-10-8-6-7-9-11-13-34-77-42-23-19-40(20-24-42)74-75-41-21-25-43(26-22-41)78-36-52(59,60)53(61,62)54(63,64)55(65,66)56(67,68)57(69,70)58(71,72)73/h18-26,37-38,44-48H,6-17,27-36H2,1-5H3/t38-,44+,45+,46-,47+,48+,50+,51-/m1/s1. The summed E-state index contributed by atoms with van der Waals surface area (Å²) < 4.78 is 218. The van der Waals surface area contributed by atoms with Gasteiger partial charge in [-0.25, -0.2) is 0 Å². The lowest BCUT2D eigenvalue weighted by molar-refractivity contribution is -0.453. The van der Waals surface area contributed by atoms with Gasteiger partial charge in [0.2, 0.25) is 0 Å². The maximum atomic E-state index is 14.2. The van der Waals surface area contributed by atoms with Crippen LogP contribution in [0.4, 0.5) is 77.2 Å². The molecule has 6 nitrogen and oxygen atoms in total. The normalized spacial score (nSPS) is 25.6. The molecule has 6 rings (SSSR count). The number of halogens is 15. The number of carbonyl (C=O) groups is 1. The van der Waals surface area contributed by atoms with Crippen LogP contribution in [0.3, 0.4) is 0 Å². The minimum absolute atomic E-state index is 0.0130. The average Bonchev–Trinajstić information content (AvgIpc) is 3.91. The number of benzene rings is 2. The molecule has 4 aliphatic rings. The lowest BCUT2D eigenvalue weighted by Crippen LogP contribution is -2.73. The van der Waals surface area contributed by atoms with E-state index < -0.39 is 54.1 Å². The Morgan fingerprint density at radius 3 is 1.70 bits per heavy atom. The molecule has 0 aliphatic heterocycles. The summed E-state index contributed by atoms with van der Waals surface area (Å²) in [6, 6.07) is 9.82. The van der Waals surface area contributed by atoms with Crippen molar-refractivity contribution in [3.63, 3.8) is 0 Å². The third kappa shape index (κ3) is 13.7. The van der Waals surface area contributed by atoms with Gasteiger partial charge in [-0.1, -0.05) is 104 Å². The van der Waals surface area contributed by atoms with Crippen LogP contribution in [0.15, 0.2) is 70.4 Å². The molecule has 3 fully saturated rings. The molecule has 3 saturated carbocycles. The number of allylic oxidation sites excluding steroid dienone is 1. The molecule has 4 aliphatic carbocycles. The van der Waals surface area contributed by atoms with E-state index in [1.165, 1.54) is 51.4 Å². The summed E-state index contributed by atoms with van der Waals surface area (Å²) in [6.45, 7) is 9.88. The van der Waals surface area contributed by atoms with E-state index in [9.17, 15) is 70.7 Å².